The Morgan fingerprint density at radius 2 is 2.00 bits per heavy atom. The van der Waals surface area contributed by atoms with Crippen LogP contribution >= 0.6 is 0 Å². The molecule has 1 saturated carbocycles. The molecule has 0 saturated heterocycles. The fraction of sp³-hybridized carbons (Fsp3) is 0.667. The molecule has 30 heavy (non-hydrogen) atoms. The number of hydrogen-bond acceptors (Lipinski definition) is 5. The van der Waals surface area contributed by atoms with Crippen LogP contribution in [0.5, 0.6) is 0 Å². The molecule has 1 amide bonds. The first kappa shape index (κ1) is 22.9. The van der Waals surface area contributed by atoms with Gasteiger partial charge in [-0.1, -0.05) is 39.0 Å². The normalized spacial score (nSPS) is 22.8. The summed E-state index contributed by atoms with van der Waals surface area (Å²) < 4.78 is 10.2. The molecule has 2 aliphatic carbocycles. The van der Waals surface area contributed by atoms with Gasteiger partial charge in [-0.15, -0.1) is 0 Å². The first-order chi connectivity index (χ1) is 14.3. The topological polar surface area (TPSA) is 67.9 Å². The average molecular weight is 417 g/mol. The van der Waals surface area contributed by atoms with Crippen LogP contribution < -0.4 is 5.32 Å². The zero-order valence-electron chi connectivity index (χ0n) is 19.0. The number of ether oxygens (including phenoxy) is 2. The second-order valence-corrected chi connectivity index (χ2v) is 9.40. The van der Waals surface area contributed by atoms with Crippen molar-refractivity contribution in [3.8, 4) is 0 Å². The van der Waals surface area contributed by atoms with Gasteiger partial charge in [0.1, 0.15) is 6.61 Å². The SMILES string of the molecule is COCCOCC(=O)NCc1ccc2c(c1)C(C)(C)[C@@H](C)C(N(C)CC1CC1)C2=O. The highest BCUT2D eigenvalue weighted by Crippen LogP contribution is 2.43. The fourth-order valence-electron chi connectivity index (χ4n) is 4.44. The summed E-state index contributed by atoms with van der Waals surface area (Å²) in [6.07, 6.45) is 2.57. The van der Waals surface area contributed by atoms with E-state index in [0.29, 0.717) is 19.8 Å². The van der Waals surface area contributed by atoms with Crippen molar-refractivity contribution < 1.29 is 19.1 Å². The smallest absolute Gasteiger partial charge is 0.246 e. The summed E-state index contributed by atoms with van der Waals surface area (Å²) in [4.78, 5) is 27.6. The summed E-state index contributed by atoms with van der Waals surface area (Å²) in [5.74, 6) is 1.03. The molecule has 0 heterocycles. The van der Waals surface area contributed by atoms with Crippen LogP contribution in [-0.4, -0.2) is 63.2 Å². The Morgan fingerprint density at radius 1 is 1.27 bits per heavy atom. The maximum absolute atomic E-state index is 13.4. The number of Topliss-reactive ketones (excluding diaryl/α,β-unsaturated/α-hetero) is 1. The predicted molar refractivity (Wildman–Crippen MR) is 117 cm³/mol. The number of rotatable bonds is 10. The van der Waals surface area contributed by atoms with Crippen molar-refractivity contribution in [3.05, 3.63) is 34.9 Å². The Balaban J connectivity index is 1.69. The molecule has 6 heteroatoms. The molecule has 1 unspecified atom stereocenters. The molecule has 0 radical (unpaired) electrons. The summed E-state index contributed by atoms with van der Waals surface area (Å²) in [5, 5.41) is 2.89. The predicted octanol–water partition coefficient (Wildman–Crippen LogP) is 2.79. The van der Waals surface area contributed by atoms with Crippen LogP contribution in [0, 0.1) is 11.8 Å². The molecule has 0 spiro atoms. The number of hydrogen-bond donors (Lipinski definition) is 1. The van der Waals surface area contributed by atoms with Gasteiger partial charge in [0.25, 0.3) is 0 Å². The van der Waals surface area contributed by atoms with Crippen molar-refractivity contribution >= 4 is 11.7 Å². The Labute approximate surface area is 180 Å². The summed E-state index contributed by atoms with van der Waals surface area (Å²) in [7, 11) is 3.69. The standard InChI is InChI=1S/C24H36N2O4/c1-16-22(26(4)14-17-6-7-17)23(28)19-9-8-18(12-20(19)24(16,2)3)13-25-21(27)15-30-11-10-29-5/h8-9,12,16-17,22H,6-7,10-11,13-15H2,1-5H3,(H,25,27)/t16-,22?/m0/s1. The van der Waals surface area contributed by atoms with E-state index in [-0.39, 0.29) is 35.7 Å². The summed E-state index contributed by atoms with van der Waals surface area (Å²) in [5.41, 5.74) is 2.77. The highest BCUT2D eigenvalue weighted by atomic mass is 16.5. The number of methoxy groups -OCH3 is 1. The molecule has 0 aromatic heterocycles. The minimum Gasteiger partial charge on any atom is -0.382 e. The molecule has 0 aliphatic heterocycles. The van der Waals surface area contributed by atoms with Crippen molar-refractivity contribution in [1.29, 1.82) is 0 Å². The molecule has 2 aliphatic rings. The van der Waals surface area contributed by atoms with E-state index >= 15 is 0 Å². The Morgan fingerprint density at radius 3 is 2.67 bits per heavy atom. The molecule has 3 rings (SSSR count). The Hall–Kier alpha value is -1.76. The van der Waals surface area contributed by atoms with Gasteiger partial charge in [-0.2, -0.15) is 0 Å². The van der Waals surface area contributed by atoms with E-state index < -0.39 is 0 Å². The lowest BCUT2D eigenvalue weighted by molar-refractivity contribution is -0.126. The first-order valence-corrected chi connectivity index (χ1v) is 11.0. The summed E-state index contributed by atoms with van der Waals surface area (Å²) in [6, 6.07) is 5.91. The first-order valence-electron chi connectivity index (χ1n) is 11.0. The molecular formula is C24H36N2O4. The third-order valence-electron chi connectivity index (χ3n) is 6.80. The van der Waals surface area contributed by atoms with Crippen LogP contribution in [0.2, 0.25) is 0 Å². The minimum absolute atomic E-state index is 0.0182. The van der Waals surface area contributed by atoms with Gasteiger partial charge in [0.15, 0.2) is 5.78 Å². The highest BCUT2D eigenvalue weighted by Gasteiger charge is 2.46. The van der Waals surface area contributed by atoms with E-state index in [9.17, 15) is 9.59 Å². The van der Waals surface area contributed by atoms with Gasteiger partial charge in [0.2, 0.25) is 5.91 Å². The van der Waals surface area contributed by atoms with Gasteiger partial charge in [0.05, 0.1) is 19.3 Å². The molecule has 0 bridgehead atoms. The molecule has 166 valence electrons. The number of nitrogens with zero attached hydrogens (tertiary/aromatic N) is 1. The van der Waals surface area contributed by atoms with Crippen molar-refractivity contribution in [1.82, 2.24) is 10.2 Å². The fourth-order valence-corrected chi connectivity index (χ4v) is 4.44. The van der Waals surface area contributed by atoms with Gasteiger partial charge in [-0.05, 0) is 48.3 Å². The molecule has 1 aromatic rings. The van der Waals surface area contributed by atoms with E-state index in [1.54, 1.807) is 7.11 Å². The lowest BCUT2D eigenvalue weighted by Crippen LogP contribution is -2.53. The van der Waals surface area contributed by atoms with Crippen LogP contribution in [0.4, 0.5) is 0 Å². The molecule has 2 atom stereocenters. The summed E-state index contributed by atoms with van der Waals surface area (Å²) in [6.45, 7) is 8.96. The second kappa shape index (κ2) is 9.58. The van der Waals surface area contributed by atoms with Gasteiger partial charge in [-0.3, -0.25) is 14.5 Å². The average Bonchev–Trinajstić information content (AvgIpc) is 3.52. The quantitative estimate of drug-likeness (QED) is 0.594. The zero-order chi connectivity index (χ0) is 21.9. The van der Waals surface area contributed by atoms with E-state index in [2.05, 4.69) is 44.1 Å². The van der Waals surface area contributed by atoms with Crippen molar-refractivity contribution in [3.63, 3.8) is 0 Å². The zero-order valence-corrected chi connectivity index (χ0v) is 19.0. The van der Waals surface area contributed by atoms with Gasteiger partial charge in [0, 0.05) is 25.8 Å². The van der Waals surface area contributed by atoms with Gasteiger partial charge >= 0.3 is 0 Å². The van der Waals surface area contributed by atoms with E-state index in [1.165, 1.54) is 12.8 Å². The van der Waals surface area contributed by atoms with E-state index in [1.807, 2.05) is 12.1 Å². The van der Waals surface area contributed by atoms with Crippen LogP contribution in [0.25, 0.3) is 0 Å². The van der Waals surface area contributed by atoms with E-state index in [4.69, 9.17) is 9.47 Å². The maximum Gasteiger partial charge on any atom is 0.246 e. The third kappa shape index (κ3) is 5.10. The minimum atomic E-state index is -0.158. The summed E-state index contributed by atoms with van der Waals surface area (Å²) >= 11 is 0. The van der Waals surface area contributed by atoms with E-state index in [0.717, 1.165) is 29.2 Å². The number of carbonyl (C=O) groups excluding carboxylic acids is 2. The number of ketones is 1. The van der Waals surface area contributed by atoms with Gasteiger partial charge < -0.3 is 14.8 Å². The molecular weight excluding hydrogens is 380 g/mol. The molecule has 6 nitrogen and oxygen atoms in total. The number of amides is 1. The van der Waals surface area contributed by atoms with Crippen molar-refractivity contribution in [2.45, 2.75) is 51.6 Å². The second-order valence-electron chi connectivity index (χ2n) is 9.40. The highest BCUT2D eigenvalue weighted by molar-refractivity contribution is 6.03. The lowest BCUT2D eigenvalue weighted by atomic mass is 9.63. The lowest BCUT2D eigenvalue weighted by Gasteiger charge is -2.46. The number of fused-ring (bicyclic) bond motifs is 1. The van der Waals surface area contributed by atoms with Gasteiger partial charge in [-0.25, -0.2) is 0 Å². The molecule has 1 fully saturated rings. The number of carbonyl (C=O) groups is 2. The van der Waals surface area contributed by atoms with Crippen LogP contribution in [-0.2, 0) is 26.2 Å². The molecule has 1 N–H and O–H groups in total. The number of likely N-dealkylation sites (N-methyl/N-ethyl adjacent to an activating group) is 1. The maximum atomic E-state index is 13.4. The monoisotopic (exact) mass is 416 g/mol. The van der Waals surface area contributed by atoms with Crippen molar-refractivity contribution in [2.75, 3.05) is 40.5 Å². The number of nitrogens with one attached hydrogen (secondary N) is 1. The van der Waals surface area contributed by atoms with Crippen molar-refractivity contribution in [2.24, 2.45) is 11.8 Å². The van der Waals surface area contributed by atoms with Crippen LogP contribution in [0.15, 0.2) is 18.2 Å². The largest absolute Gasteiger partial charge is 0.382 e. The van der Waals surface area contributed by atoms with Crippen LogP contribution in [0.1, 0.15) is 55.1 Å². The third-order valence-corrected chi connectivity index (χ3v) is 6.80. The number of benzene rings is 1. The Kier molecular flexibility index (Phi) is 7.32. The molecule has 1 aromatic carbocycles. The van der Waals surface area contributed by atoms with Crippen LogP contribution in [0.3, 0.4) is 0 Å². The Bertz CT molecular complexity index is 772.